The molecule has 32 heavy (non-hydrogen) atoms. The van der Waals surface area contributed by atoms with Gasteiger partial charge in [0, 0.05) is 12.8 Å². The number of hydrogen-bond acceptors (Lipinski definition) is 10. The zero-order valence-electron chi connectivity index (χ0n) is 19.8. The fraction of sp³-hybridized carbons (Fsp3) is 0.944. The zero-order valence-corrected chi connectivity index (χ0v) is 21.4. The largest absolute Gasteiger partial charge is 0.726 e. The van der Waals surface area contributed by atoms with Crippen LogP contribution in [0.5, 0.6) is 0 Å². The standard InChI is InChI=1S/C18H38N2O10S2/c1-16(2)18(21)30-17(9-11-20(5,6)13-15-29-32(25,26)27)8-7-10-19(3,4)12-14-28-31(22,23)24/h16-17H,7-15H2,1-6H3. The number of likely N-dealkylation sites (N-methyl/N-ethyl adjacent to an activating group) is 2. The maximum absolute atomic E-state index is 12.1. The number of carbonyl (C=O) groups excluding carboxylic acids is 1. The lowest BCUT2D eigenvalue weighted by atomic mass is 10.1. The van der Waals surface area contributed by atoms with E-state index in [1.54, 1.807) is 13.8 Å². The van der Waals surface area contributed by atoms with E-state index in [4.69, 9.17) is 4.74 Å². The van der Waals surface area contributed by atoms with Crippen molar-refractivity contribution in [3.8, 4) is 0 Å². The van der Waals surface area contributed by atoms with Crippen molar-refractivity contribution in [1.82, 2.24) is 0 Å². The maximum Gasteiger partial charge on any atom is 0.308 e. The molecule has 0 heterocycles. The second-order valence-electron chi connectivity index (χ2n) is 9.37. The van der Waals surface area contributed by atoms with Crippen molar-refractivity contribution in [2.45, 2.75) is 39.2 Å². The molecule has 0 amide bonds. The molecule has 0 aliphatic carbocycles. The van der Waals surface area contributed by atoms with Crippen molar-refractivity contribution in [2.24, 2.45) is 5.92 Å². The van der Waals surface area contributed by atoms with Crippen LogP contribution in [0.15, 0.2) is 0 Å². The fourth-order valence-corrected chi connectivity index (χ4v) is 3.36. The Bertz CT molecular complexity index is 780. The number of quaternary nitrogens is 2. The highest BCUT2D eigenvalue weighted by Gasteiger charge is 2.24. The summed E-state index contributed by atoms with van der Waals surface area (Å²) in [5, 5.41) is 0. The molecule has 0 rings (SSSR count). The highest BCUT2D eigenvalue weighted by Crippen LogP contribution is 2.15. The molecule has 0 aliphatic heterocycles. The molecule has 0 radical (unpaired) electrons. The monoisotopic (exact) mass is 506 g/mol. The predicted molar refractivity (Wildman–Crippen MR) is 114 cm³/mol. The van der Waals surface area contributed by atoms with Gasteiger partial charge in [0.2, 0.25) is 20.8 Å². The Kier molecular flexibility index (Phi) is 12.8. The van der Waals surface area contributed by atoms with Crippen LogP contribution in [0.2, 0.25) is 0 Å². The molecule has 0 fully saturated rings. The maximum atomic E-state index is 12.1. The van der Waals surface area contributed by atoms with Crippen molar-refractivity contribution >= 4 is 26.8 Å². The van der Waals surface area contributed by atoms with Crippen molar-refractivity contribution < 1.29 is 52.8 Å². The molecule has 192 valence electrons. The molecule has 0 bridgehead atoms. The summed E-state index contributed by atoms with van der Waals surface area (Å²) in [6, 6.07) is 0. The van der Waals surface area contributed by atoms with Gasteiger partial charge in [-0.2, -0.15) is 0 Å². The average molecular weight is 507 g/mol. The van der Waals surface area contributed by atoms with Gasteiger partial charge in [0.25, 0.3) is 0 Å². The smallest absolute Gasteiger partial charge is 0.308 e. The summed E-state index contributed by atoms with van der Waals surface area (Å²) in [6.45, 7) is 4.86. The van der Waals surface area contributed by atoms with Gasteiger partial charge in [-0.1, -0.05) is 13.8 Å². The Morgan fingerprint density at radius 2 is 1.22 bits per heavy atom. The van der Waals surface area contributed by atoms with Gasteiger partial charge < -0.3 is 22.8 Å². The van der Waals surface area contributed by atoms with Crippen LogP contribution in [0.3, 0.4) is 0 Å². The summed E-state index contributed by atoms with van der Waals surface area (Å²) >= 11 is 0. The van der Waals surface area contributed by atoms with E-state index in [0.717, 1.165) is 0 Å². The Hall–Kier alpha value is -0.870. The minimum absolute atomic E-state index is 0.211. The van der Waals surface area contributed by atoms with E-state index < -0.39 is 20.8 Å². The first kappa shape index (κ1) is 31.1. The Balaban J connectivity index is 4.75. The lowest BCUT2D eigenvalue weighted by molar-refractivity contribution is -0.891. The van der Waals surface area contributed by atoms with E-state index in [2.05, 4.69) is 8.37 Å². The second kappa shape index (κ2) is 13.1. The molecule has 0 saturated heterocycles. The van der Waals surface area contributed by atoms with E-state index in [1.165, 1.54) is 0 Å². The normalized spacial score (nSPS) is 14.5. The minimum atomic E-state index is -4.74. The van der Waals surface area contributed by atoms with Crippen LogP contribution in [0.1, 0.15) is 33.1 Å². The molecule has 0 aromatic rings. The highest BCUT2D eigenvalue weighted by molar-refractivity contribution is 7.81. The summed E-state index contributed by atoms with van der Waals surface area (Å²) in [6.07, 6.45) is 1.43. The molecule has 0 aromatic heterocycles. The van der Waals surface area contributed by atoms with Gasteiger partial charge in [0.1, 0.15) is 32.4 Å². The molecular weight excluding hydrogens is 468 g/mol. The van der Waals surface area contributed by atoms with Crippen LogP contribution in [0.4, 0.5) is 0 Å². The van der Waals surface area contributed by atoms with E-state index in [0.29, 0.717) is 54.4 Å². The van der Waals surface area contributed by atoms with Crippen LogP contribution in [-0.4, -0.2) is 115 Å². The highest BCUT2D eigenvalue weighted by atomic mass is 32.3. The SMILES string of the molecule is CC(C)C(=O)OC(CCC[N+](C)(C)CCOS(=O)(=O)[O-])CC[N+](C)(C)CCOS(=O)(=O)[O-]. The second-order valence-corrected chi connectivity index (χ2v) is 11.5. The molecule has 0 spiro atoms. The van der Waals surface area contributed by atoms with Crippen LogP contribution >= 0.6 is 0 Å². The number of ether oxygens (including phenoxy) is 1. The number of nitrogens with zero attached hydrogens (tertiary/aromatic N) is 2. The van der Waals surface area contributed by atoms with Gasteiger partial charge >= 0.3 is 5.97 Å². The number of esters is 1. The van der Waals surface area contributed by atoms with Gasteiger partial charge in [0.05, 0.1) is 47.2 Å². The molecule has 0 N–H and O–H groups in total. The van der Waals surface area contributed by atoms with Crippen molar-refractivity contribution in [2.75, 3.05) is 67.6 Å². The van der Waals surface area contributed by atoms with Crippen LogP contribution in [0.25, 0.3) is 0 Å². The molecule has 12 nitrogen and oxygen atoms in total. The topological polar surface area (TPSA) is 159 Å². The van der Waals surface area contributed by atoms with Crippen LogP contribution < -0.4 is 0 Å². The third kappa shape index (κ3) is 17.7. The van der Waals surface area contributed by atoms with Gasteiger partial charge in [0.15, 0.2) is 0 Å². The third-order valence-corrected chi connectivity index (χ3v) is 5.86. The Morgan fingerprint density at radius 3 is 1.62 bits per heavy atom. The van der Waals surface area contributed by atoms with Gasteiger partial charge in [-0.15, -0.1) is 0 Å². The summed E-state index contributed by atoms with van der Waals surface area (Å²) in [5.41, 5.74) is 0. The first-order valence-corrected chi connectivity index (χ1v) is 13.0. The van der Waals surface area contributed by atoms with Gasteiger partial charge in [-0.05, 0) is 6.42 Å². The van der Waals surface area contributed by atoms with E-state index in [-0.39, 0.29) is 31.2 Å². The number of rotatable bonds is 17. The Labute approximate surface area is 192 Å². The van der Waals surface area contributed by atoms with Gasteiger partial charge in [-0.25, -0.2) is 16.8 Å². The van der Waals surface area contributed by atoms with Gasteiger partial charge in [-0.3, -0.25) is 13.2 Å². The zero-order chi connectivity index (χ0) is 25.2. The molecule has 1 atom stereocenters. The van der Waals surface area contributed by atoms with Crippen molar-refractivity contribution in [1.29, 1.82) is 0 Å². The van der Waals surface area contributed by atoms with E-state index in [1.807, 2.05) is 28.2 Å². The van der Waals surface area contributed by atoms with Crippen molar-refractivity contribution in [3.63, 3.8) is 0 Å². The predicted octanol–water partition coefficient (Wildman–Crippen LogP) is -0.169. The average Bonchev–Trinajstić information content (AvgIpc) is 2.56. The summed E-state index contributed by atoms with van der Waals surface area (Å²) in [4.78, 5) is 12.1. The third-order valence-electron chi connectivity index (χ3n) is 4.95. The molecule has 0 saturated carbocycles. The first-order chi connectivity index (χ1) is 14.3. The molecular formula is C18H38N2O10S2. The lowest BCUT2D eigenvalue weighted by Gasteiger charge is -2.32. The lowest BCUT2D eigenvalue weighted by Crippen LogP contribution is -2.45. The van der Waals surface area contributed by atoms with Crippen molar-refractivity contribution in [3.05, 3.63) is 0 Å². The molecule has 0 aromatic carbocycles. The number of carbonyl (C=O) groups is 1. The first-order valence-electron chi connectivity index (χ1n) is 10.4. The molecule has 0 aliphatic rings. The minimum Gasteiger partial charge on any atom is -0.726 e. The Morgan fingerprint density at radius 1 is 0.781 bits per heavy atom. The molecule has 14 heteroatoms. The van der Waals surface area contributed by atoms with Crippen LogP contribution in [-0.2, 0) is 38.7 Å². The summed E-state index contributed by atoms with van der Waals surface area (Å²) in [7, 11) is -2.00. The molecule has 1 unspecified atom stereocenters. The van der Waals surface area contributed by atoms with E-state index >= 15 is 0 Å². The van der Waals surface area contributed by atoms with E-state index in [9.17, 15) is 30.7 Å². The summed E-state index contributed by atoms with van der Waals surface area (Å²) < 4.78 is 78.4. The fourth-order valence-electron chi connectivity index (χ4n) is 2.80. The number of hydrogen-bond donors (Lipinski definition) is 0. The van der Waals surface area contributed by atoms with Crippen LogP contribution in [0, 0.1) is 5.92 Å². The quantitative estimate of drug-likeness (QED) is 0.112. The summed E-state index contributed by atoms with van der Waals surface area (Å²) in [5.74, 6) is -0.599.